The van der Waals surface area contributed by atoms with Gasteiger partial charge in [-0.25, -0.2) is 8.76 Å². The molecule has 0 saturated carbocycles. The number of aliphatic imine (C=N–C) groups is 1. The molecule has 33 heavy (non-hydrogen) atoms. The largest absolute Gasteiger partial charge is 0.345 e. The van der Waals surface area contributed by atoms with Gasteiger partial charge in [0.15, 0.2) is 0 Å². The summed E-state index contributed by atoms with van der Waals surface area (Å²) in [7, 11) is 2.00. The fourth-order valence-electron chi connectivity index (χ4n) is 4.06. The number of nitrogens with one attached hydrogen (secondary N) is 1. The van der Waals surface area contributed by atoms with E-state index in [-0.39, 0.29) is 12.0 Å². The summed E-state index contributed by atoms with van der Waals surface area (Å²) in [6, 6.07) is 16.2. The molecule has 2 aromatic carbocycles. The van der Waals surface area contributed by atoms with Crippen molar-refractivity contribution in [3.8, 4) is 16.5 Å². The Balaban J connectivity index is 1.55. The monoisotopic (exact) mass is 456 g/mol. The number of allylic oxidation sites excluding steroid dienone is 2. The molecule has 2 aliphatic rings. The van der Waals surface area contributed by atoms with Crippen molar-refractivity contribution in [2.24, 2.45) is 4.99 Å². The SMILES string of the molecule is CCC1=CN(C)C2=C(NC(c3cnsc3-c3ccc(F)cc3)N=C2)N1c1cccc(C#N)c1. The fourth-order valence-corrected chi connectivity index (χ4v) is 4.84. The Hall–Kier alpha value is -3.96. The van der Waals surface area contributed by atoms with E-state index < -0.39 is 0 Å². The first-order valence-electron chi connectivity index (χ1n) is 10.6. The van der Waals surface area contributed by atoms with Crippen LogP contribution in [-0.4, -0.2) is 22.5 Å². The summed E-state index contributed by atoms with van der Waals surface area (Å²) in [4.78, 5) is 9.92. The Kier molecular flexibility index (Phi) is 5.40. The average molecular weight is 457 g/mol. The van der Waals surface area contributed by atoms with E-state index in [0.717, 1.165) is 45.3 Å². The Labute approximate surface area is 195 Å². The van der Waals surface area contributed by atoms with Crippen molar-refractivity contribution >= 4 is 23.4 Å². The van der Waals surface area contributed by atoms with Crippen LogP contribution in [0.2, 0.25) is 0 Å². The van der Waals surface area contributed by atoms with Gasteiger partial charge in [0.05, 0.1) is 22.7 Å². The molecule has 1 unspecified atom stereocenters. The lowest BCUT2D eigenvalue weighted by atomic mass is 10.1. The summed E-state index contributed by atoms with van der Waals surface area (Å²) >= 11 is 1.37. The van der Waals surface area contributed by atoms with Gasteiger partial charge in [-0.1, -0.05) is 25.1 Å². The summed E-state index contributed by atoms with van der Waals surface area (Å²) < 4.78 is 17.8. The van der Waals surface area contributed by atoms with Gasteiger partial charge in [-0.2, -0.15) is 5.26 Å². The first-order valence-corrected chi connectivity index (χ1v) is 11.3. The van der Waals surface area contributed by atoms with Crippen LogP contribution in [0.15, 0.2) is 83.1 Å². The molecule has 3 aromatic rings. The number of aromatic nitrogens is 1. The normalized spacial score (nSPS) is 17.4. The molecule has 164 valence electrons. The highest BCUT2D eigenvalue weighted by Crippen LogP contribution is 2.38. The minimum absolute atomic E-state index is 0.271. The van der Waals surface area contributed by atoms with E-state index in [1.165, 1.54) is 23.7 Å². The maximum Gasteiger partial charge on any atom is 0.148 e. The smallest absolute Gasteiger partial charge is 0.148 e. The average Bonchev–Trinajstić information content (AvgIpc) is 3.34. The first-order chi connectivity index (χ1) is 16.1. The van der Waals surface area contributed by atoms with Gasteiger partial charge in [0.25, 0.3) is 0 Å². The van der Waals surface area contributed by atoms with E-state index in [1.54, 1.807) is 18.2 Å². The topological polar surface area (TPSA) is 67.5 Å². The van der Waals surface area contributed by atoms with Crippen LogP contribution in [0.5, 0.6) is 0 Å². The molecule has 6 nitrogen and oxygen atoms in total. The Morgan fingerprint density at radius 2 is 2.03 bits per heavy atom. The number of hydrogen-bond acceptors (Lipinski definition) is 7. The summed E-state index contributed by atoms with van der Waals surface area (Å²) in [5.41, 5.74) is 5.36. The van der Waals surface area contributed by atoms with Gasteiger partial charge in [0.1, 0.15) is 23.5 Å². The second-order valence-corrected chi connectivity index (χ2v) is 8.56. The molecule has 0 fully saturated rings. The third-order valence-electron chi connectivity index (χ3n) is 5.69. The van der Waals surface area contributed by atoms with E-state index >= 15 is 0 Å². The minimum atomic E-state index is -0.353. The lowest BCUT2D eigenvalue weighted by Gasteiger charge is -2.40. The molecule has 0 spiro atoms. The molecule has 1 aromatic heterocycles. The second-order valence-electron chi connectivity index (χ2n) is 7.76. The Morgan fingerprint density at radius 3 is 2.79 bits per heavy atom. The predicted molar refractivity (Wildman–Crippen MR) is 129 cm³/mol. The molecule has 1 N–H and O–H groups in total. The molecule has 5 rings (SSSR count). The maximum atomic E-state index is 13.4. The van der Waals surface area contributed by atoms with Gasteiger partial charge in [-0.3, -0.25) is 9.89 Å². The number of nitrogens with zero attached hydrogens (tertiary/aromatic N) is 5. The van der Waals surface area contributed by atoms with Gasteiger partial charge >= 0.3 is 0 Å². The lowest BCUT2D eigenvalue weighted by molar-refractivity contribution is 0.507. The quantitative estimate of drug-likeness (QED) is 0.572. The van der Waals surface area contributed by atoms with E-state index in [0.29, 0.717) is 5.56 Å². The molecule has 0 bridgehead atoms. The first kappa shape index (κ1) is 20.9. The minimum Gasteiger partial charge on any atom is -0.345 e. The Morgan fingerprint density at radius 1 is 1.21 bits per heavy atom. The van der Waals surface area contributed by atoms with Crippen LogP contribution >= 0.6 is 11.5 Å². The lowest BCUT2D eigenvalue weighted by Crippen LogP contribution is -2.42. The van der Waals surface area contributed by atoms with Crippen LogP contribution < -0.4 is 10.2 Å². The van der Waals surface area contributed by atoms with Crippen LogP contribution in [0.3, 0.4) is 0 Å². The number of nitriles is 1. The fraction of sp³-hybridized carbons (Fsp3) is 0.160. The maximum absolute atomic E-state index is 13.4. The number of halogens is 1. The van der Waals surface area contributed by atoms with Crippen LogP contribution in [0.25, 0.3) is 10.4 Å². The van der Waals surface area contributed by atoms with Crippen molar-refractivity contribution in [3.63, 3.8) is 0 Å². The zero-order chi connectivity index (χ0) is 22.9. The molecule has 0 radical (unpaired) electrons. The van der Waals surface area contributed by atoms with Crippen LogP contribution in [-0.2, 0) is 0 Å². The second kappa shape index (κ2) is 8.52. The molecular weight excluding hydrogens is 435 g/mol. The summed E-state index contributed by atoms with van der Waals surface area (Å²) in [6.07, 6.45) is 6.22. The summed E-state index contributed by atoms with van der Waals surface area (Å²) in [6.45, 7) is 2.11. The summed E-state index contributed by atoms with van der Waals surface area (Å²) in [5, 5.41) is 13.0. The van der Waals surface area contributed by atoms with Crippen LogP contribution in [0.1, 0.15) is 30.6 Å². The van der Waals surface area contributed by atoms with Gasteiger partial charge < -0.3 is 10.2 Å². The highest BCUT2D eigenvalue weighted by molar-refractivity contribution is 7.09. The molecule has 1 atom stereocenters. The van der Waals surface area contributed by atoms with Gasteiger partial charge in [0.2, 0.25) is 0 Å². The predicted octanol–water partition coefficient (Wildman–Crippen LogP) is 5.37. The van der Waals surface area contributed by atoms with Gasteiger partial charge in [-0.15, -0.1) is 0 Å². The highest BCUT2D eigenvalue weighted by Gasteiger charge is 2.31. The zero-order valence-corrected chi connectivity index (χ0v) is 19.0. The van der Waals surface area contributed by atoms with Crippen molar-refractivity contribution in [1.29, 1.82) is 5.26 Å². The van der Waals surface area contributed by atoms with Gasteiger partial charge in [0, 0.05) is 36.4 Å². The van der Waals surface area contributed by atoms with E-state index in [4.69, 9.17) is 4.99 Å². The third kappa shape index (κ3) is 3.77. The van der Waals surface area contributed by atoms with Crippen molar-refractivity contribution in [1.82, 2.24) is 14.6 Å². The Bertz CT molecular complexity index is 1330. The van der Waals surface area contributed by atoms with E-state index in [2.05, 4.69) is 38.7 Å². The molecular formula is C25H21FN6S. The molecule has 0 saturated heterocycles. The number of hydrogen-bond donors (Lipinski definition) is 1. The van der Waals surface area contributed by atoms with E-state index in [9.17, 15) is 9.65 Å². The molecule has 8 heteroatoms. The number of anilines is 1. The number of rotatable bonds is 4. The van der Waals surface area contributed by atoms with Crippen molar-refractivity contribution < 1.29 is 4.39 Å². The number of benzene rings is 2. The zero-order valence-electron chi connectivity index (χ0n) is 18.2. The molecule has 3 heterocycles. The molecule has 0 amide bonds. The van der Waals surface area contributed by atoms with Crippen LogP contribution in [0, 0.1) is 17.1 Å². The van der Waals surface area contributed by atoms with Gasteiger partial charge in [-0.05, 0) is 53.8 Å². The van der Waals surface area contributed by atoms with Crippen molar-refractivity contribution in [2.75, 3.05) is 11.9 Å². The molecule has 0 aliphatic carbocycles. The van der Waals surface area contributed by atoms with Crippen molar-refractivity contribution in [2.45, 2.75) is 19.5 Å². The summed E-state index contributed by atoms with van der Waals surface area (Å²) in [5.74, 6) is 0.621. The van der Waals surface area contributed by atoms with E-state index in [1.807, 2.05) is 37.7 Å². The van der Waals surface area contributed by atoms with Crippen molar-refractivity contribution in [3.05, 3.63) is 95.1 Å². The van der Waals surface area contributed by atoms with Crippen LogP contribution in [0.4, 0.5) is 10.1 Å². The molecule has 2 aliphatic heterocycles. The highest BCUT2D eigenvalue weighted by atomic mass is 32.1. The third-order valence-corrected chi connectivity index (χ3v) is 6.55. The standard InChI is InChI=1S/C25H21FN6S/c1-3-19-15-31(2)22-14-28-24(21-13-29-33-23(21)17-7-9-18(26)10-8-17)30-25(22)32(19)20-6-4-5-16(11-20)12-27/h4-11,13-15,24,30H,3H2,1-2H3.